The Bertz CT molecular complexity index is 1010. The van der Waals surface area contributed by atoms with Crippen LogP contribution in [-0.4, -0.2) is 53.5 Å². The van der Waals surface area contributed by atoms with Crippen LogP contribution in [0.15, 0.2) is 48.5 Å². The van der Waals surface area contributed by atoms with Gasteiger partial charge in [0.05, 0.1) is 0 Å². The maximum Gasteiger partial charge on any atom is 0.407 e. The number of amides is 2. The Balaban J connectivity index is 1.27. The summed E-state index contributed by atoms with van der Waals surface area (Å²) in [5.41, 5.74) is 4.64. The van der Waals surface area contributed by atoms with Crippen molar-refractivity contribution in [1.29, 1.82) is 0 Å². The van der Waals surface area contributed by atoms with Crippen LogP contribution < -0.4 is 10.6 Å². The molecule has 8 heteroatoms. The molecule has 0 spiro atoms. The summed E-state index contributed by atoms with van der Waals surface area (Å²) < 4.78 is 5.62. The van der Waals surface area contributed by atoms with Crippen molar-refractivity contribution in [3.63, 3.8) is 0 Å². The number of aliphatic hydroxyl groups is 1. The van der Waals surface area contributed by atoms with E-state index in [-0.39, 0.29) is 43.4 Å². The fourth-order valence-electron chi connectivity index (χ4n) is 4.97. The zero-order valence-corrected chi connectivity index (χ0v) is 18.9. The second kappa shape index (κ2) is 10.7. The summed E-state index contributed by atoms with van der Waals surface area (Å²) in [7, 11) is 0. The van der Waals surface area contributed by atoms with E-state index in [1.54, 1.807) is 0 Å². The number of ether oxygens (including phenoxy) is 1. The minimum absolute atomic E-state index is 0.0100. The summed E-state index contributed by atoms with van der Waals surface area (Å²) in [4.78, 5) is 35.7. The summed E-state index contributed by atoms with van der Waals surface area (Å²) in [6.07, 6.45) is 0.742. The highest BCUT2D eigenvalue weighted by molar-refractivity contribution is 5.80. The zero-order chi connectivity index (χ0) is 24.1. The second-order valence-electron chi connectivity index (χ2n) is 8.96. The van der Waals surface area contributed by atoms with E-state index in [1.807, 2.05) is 24.3 Å². The first-order valence-electron chi connectivity index (χ1n) is 11.7. The molecule has 0 bridgehead atoms. The van der Waals surface area contributed by atoms with Crippen LogP contribution in [0.2, 0.25) is 0 Å². The minimum Gasteiger partial charge on any atom is -0.479 e. The molecular formula is C26H30N2O6. The summed E-state index contributed by atoms with van der Waals surface area (Å²) >= 11 is 0. The number of carbonyl (C=O) groups excluding carboxylic acids is 2. The van der Waals surface area contributed by atoms with E-state index in [0.29, 0.717) is 12.8 Å². The number of aliphatic carboxylic acids is 1. The van der Waals surface area contributed by atoms with Crippen molar-refractivity contribution in [3.05, 3.63) is 59.7 Å². The number of benzene rings is 2. The number of carboxylic acids is 1. The molecule has 2 aromatic carbocycles. The normalized spacial score (nSPS) is 20.0. The van der Waals surface area contributed by atoms with Crippen molar-refractivity contribution < 1.29 is 29.3 Å². The highest BCUT2D eigenvalue weighted by Crippen LogP contribution is 2.44. The Morgan fingerprint density at radius 2 is 1.65 bits per heavy atom. The number of aliphatic hydroxyl groups excluding tert-OH is 1. The predicted octanol–water partition coefficient (Wildman–Crippen LogP) is 3.04. The lowest BCUT2D eigenvalue weighted by atomic mass is 9.85. The van der Waals surface area contributed by atoms with Crippen LogP contribution in [0.1, 0.15) is 49.1 Å². The average molecular weight is 467 g/mol. The molecule has 1 saturated carbocycles. The molecule has 1 fully saturated rings. The molecule has 2 unspecified atom stereocenters. The minimum atomic E-state index is -1.49. The van der Waals surface area contributed by atoms with Crippen molar-refractivity contribution >= 4 is 18.0 Å². The summed E-state index contributed by atoms with van der Waals surface area (Å²) in [5.74, 6) is -1.77. The lowest BCUT2D eigenvalue weighted by Gasteiger charge is -2.29. The Labute approximate surface area is 198 Å². The van der Waals surface area contributed by atoms with Gasteiger partial charge >= 0.3 is 12.1 Å². The topological polar surface area (TPSA) is 125 Å². The standard InChI is InChI=1S/C26H30N2O6/c29-23(25(31)32)12-13-27-24(30)16-6-5-7-17(14-16)28-26(33)34-15-22-20-10-3-1-8-18(20)19-9-2-4-11-21(19)22/h1-4,8-11,16-17,22-23,29H,5-7,12-15H2,(H,27,30)(H,28,33)(H,31,32)/t16?,17?,23-/m0/s1. The van der Waals surface area contributed by atoms with Crippen molar-refractivity contribution in [2.45, 2.75) is 50.2 Å². The lowest BCUT2D eigenvalue weighted by molar-refractivity contribution is -0.147. The van der Waals surface area contributed by atoms with Gasteiger partial charge in [-0.3, -0.25) is 4.79 Å². The van der Waals surface area contributed by atoms with Crippen LogP contribution >= 0.6 is 0 Å². The van der Waals surface area contributed by atoms with Gasteiger partial charge in [-0.25, -0.2) is 9.59 Å². The van der Waals surface area contributed by atoms with Gasteiger partial charge in [-0.2, -0.15) is 0 Å². The van der Waals surface area contributed by atoms with Crippen molar-refractivity contribution in [2.24, 2.45) is 5.92 Å². The molecule has 2 amide bonds. The Morgan fingerprint density at radius 3 is 2.29 bits per heavy atom. The highest BCUT2D eigenvalue weighted by Gasteiger charge is 2.31. The van der Waals surface area contributed by atoms with Crippen molar-refractivity contribution in [3.8, 4) is 11.1 Å². The van der Waals surface area contributed by atoms with Crippen LogP contribution in [0, 0.1) is 5.92 Å². The van der Waals surface area contributed by atoms with Gasteiger partial charge in [0.15, 0.2) is 6.10 Å². The van der Waals surface area contributed by atoms with Gasteiger partial charge in [-0.1, -0.05) is 55.0 Å². The second-order valence-corrected chi connectivity index (χ2v) is 8.96. The SMILES string of the molecule is O=C(NC1CCCC(C(=O)NCC[C@H](O)C(=O)O)C1)OCC1c2ccccc2-c2ccccc21. The van der Waals surface area contributed by atoms with Crippen molar-refractivity contribution in [1.82, 2.24) is 10.6 Å². The number of nitrogens with one attached hydrogen (secondary N) is 2. The first-order chi connectivity index (χ1) is 16.4. The molecule has 0 heterocycles. The molecular weight excluding hydrogens is 436 g/mol. The van der Waals surface area contributed by atoms with E-state index in [2.05, 4.69) is 34.9 Å². The number of carbonyl (C=O) groups is 3. The fourth-order valence-corrected chi connectivity index (χ4v) is 4.97. The van der Waals surface area contributed by atoms with E-state index < -0.39 is 18.2 Å². The third-order valence-electron chi connectivity index (χ3n) is 6.71. The number of hydrogen-bond donors (Lipinski definition) is 4. The number of alkyl carbamates (subject to hydrolysis) is 1. The number of hydrogen-bond acceptors (Lipinski definition) is 5. The Hall–Kier alpha value is -3.39. The molecule has 0 saturated heterocycles. The average Bonchev–Trinajstić information content (AvgIpc) is 3.16. The summed E-state index contributed by atoms with van der Waals surface area (Å²) in [5, 5.41) is 23.6. The molecule has 2 aliphatic carbocycles. The van der Waals surface area contributed by atoms with Crippen LogP contribution in [0.5, 0.6) is 0 Å². The number of fused-ring (bicyclic) bond motifs is 3. The monoisotopic (exact) mass is 466 g/mol. The Morgan fingerprint density at radius 1 is 1.00 bits per heavy atom. The highest BCUT2D eigenvalue weighted by atomic mass is 16.5. The number of carboxylic acid groups (broad SMARTS) is 1. The van der Waals surface area contributed by atoms with Crippen LogP contribution in [0.25, 0.3) is 11.1 Å². The van der Waals surface area contributed by atoms with Gasteiger partial charge in [0.2, 0.25) is 5.91 Å². The quantitative estimate of drug-likeness (QED) is 0.474. The molecule has 3 atom stereocenters. The third-order valence-corrected chi connectivity index (χ3v) is 6.71. The molecule has 8 nitrogen and oxygen atoms in total. The van der Waals surface area contributed by atoms with E-state index in [4.69, 9.17) is 9.84 Å². The van der Waals surface area contributed by atoms with Gasteiger partial charge in [-0.05, 0) is 41.5 Å². The molecule has 2 aliphatic rings. The molecule has 2 aromatic rings. The van der Waals surface area contributed by atoms with Gasteiger partial charge < -0.3 is 25.6 Å². The predicted molar refractivity (Wildman–Crippen MR) is 125 cm³/mol. The summed E-state index contributed by atoms with van der Waals surface area (Å²) in [6.45, 7) is 0.329. The van der Waals surface area contributed by atoms with E-state index in [1.165, 1.54) is 11.1 Å². The van der Waals surface area contributed by atoms with E-state index in [0.717, 1.165) is 24.0 Å². The smallest absolute Gasteiger partial charge is 0.407 e. The molecule has 0 aromatic heterocycles. The first kappa shape index (κ1) is 23.8. The van der Waals surface area contributed by atoms with Crippen molar-refractivity contribution in [2.75, 3.05) is 13.2 Å². The molecule has 0 aliphatic heterocycles. The molecule has 180 valence electrons. The lowest BCUT2D eigenvalue weighted by Crippen LogP contribution is -2.43. The zero-order valence-electron chi connectivity index (χ0n) is 18.9. The fraction of sp³-hybridized carbons (Fsp3) is 0.423. The maximum absolute atomic E-state index is 12.6. The van der Waals surface area contributed by atoms with Gasteiger partial charge in [0, 0.05) is 30.8 Å². The van der Waals surface area contributed by atoms with E-state index in [9.17, 15) is 19.5 Å². The van der Waals surface area contributed by atoms with Gasteiger partial charge in [0.25, 0.3) is 0 Å². The van der Waals surface area contributed by atoms with Gasteiger partial charge in [0.1, 0.15) is 6.61 Å². The van der Waals surface area contributed by atoms with Crippen LogP contribution in [0.3, 0.4) is 0 Å². The maximum atomic E-state index is 12.6. The van der Waals surface area contributed by atoms with Crippen LogP contribution in [-0.2, 0) is 14.3 Å². The molecule has 34 heavy (non-hydrogen) atoms. The molecule has 0 radical (unpaired) electrons. The van der Waals surface area contributed by atoms with Crippen LogP contribution in [0.4, 0.5) is 4.79 Å². The van der Waals surface area contributed by atoms with E-state index >= 15 is 0 Å². The molecule has 4 N–H and O–H groups in total. The largest absolute Gasteiger partial charge is 0.479 e. The first-order valence-corrected chi connectivity index (χ1v) is 11.7. The molecule has 4 rings (SSSR count). The third kappa shape index (κ3) is 5.39. The number of rotatable bonds is 8. The summed E-state index contributed by atoms with van der Waals surface area (Å²) in [6, 6.07) is 16.2. The Kier molecular flexibility index (Phi) is 7.47. The van der Waals surface area contributed by atoms with Gasteiger partial charge in [-0.15, -0.1) is 0 Å².